The summed E-state index contributed by atoms with van der Waals surface area (Å²) in [4.78, 5) is 12.1. The minimum atomic E-state index is -0.213. The molecule has 0 spiro atoms. The van der Waals surface area contributed by atoms with Crippen molar-refractivity contribution in [1.82, 2.24) is 25.6 Å². The van der Waals surface area contributed by atoms with Crippen molar-refractivity contribution in [3.8, 4) is 11.4 Å². The van der Waals surface area contributed by atoms with Crippen LogP contribution < -0.4 is 15.4 Å². The Morgan fingerprint density at radius 3 is 2.64 bits per heavy atom. The lowest BCUT2D eigenvalue weighted by molar-refractivity contribution is 0.0948. The summed E-state index contributed by atoms with van der Waals surface area (Å²) in [5, 5.41) is 14.0. The number of nitrogens with zero attached hydrogens (tertiary/aromatic N) is 3. The zero-order chi connectivity index (χ0) is 15.9. The average molecular weight is 303 g/mol. The first-order chi connectivity index (χ1) is 10.7. The molecule has 2 N–H and O–H groups in total. The summed E-state index contributed by atoms with van der Waals surface area (Å²) in [6.07, 6.45) is 0. The SMILES string of the molecule is CCNCCNC(=O)c1nnn(-c2ccc(OC)cc2)c1C. The second-order valence-electron chi connectivity index (χ2n) is 4.74. The first-order valence-electron chi connectivity index (χ1n) is 7.23. The van der Waals surface area contributed by atoms with Crippen LogP contribution in [0.3, 0.4) is 0 Å². The maximum absolute atomic E-state index is 12.1. The highest BCUT2D eigenvalue weighted by molar-refractivity contribution is 5.93. The Hall–Kier alpha value is -2.41. The average Bonchev–Trinajstić information content (AvgIpc) is 2.93. The monoisotopic (exact) mass is 303 g/mol. The van der Waals surface area contributed by atoms with Gasteiger partial charge in [0.25, 0.3) is 5.91 Å². The van der Waals surface area contributed by atoms with Gasteiger partial charge in [-0.1, -0.05) is 12.1 Å². The number of carbonyl (C=O) groups is 1. The van der Waals surface area contributed by atoms with Crippen LogP contribution in [0.25, 0.3) is 5.69 Å². The summed E-state index contributed by atoms with van der Waals surface area (Å²) in [5.41, 5.74) is 1.87. The molecule has 1 aromatic carbocycles. The van der Waals surface area contributed by atoms with Crippen LogP contribution in [0.4, 0.5) is 0 Å². The molecule has 0 saturated carbocycles. The van der Waals surface area contributed by atoms with Crippen molar-refractivity contribution in [3.05, 3.63) is 35.7 Å². The van der Waals surface area contributed by atoms with Crippen LogP contribution >= 0.6 is 0 Å². The van der Waals surface area contributed by atoms with Crippen LogP contribution in [0.2, 0.25) is 0 Å². The number of methoxy groups -OCH3 is 1. The minimum Gasteiger partial charge on any atom is -0.497 e. The molecule has 0 aliphatic carbocycles. The molecule has 1 amide bonds. The predicted molar refractivity (Wildman–Crippen MR) is 83.5 cm³/mol. The molecule has 7 nitrogen and oxygen atoms in total. The molecule has 0 radical (unpaired) electrons. The number of carbonyl (C=O) groups excluding carboxylic acids is 1. The molecule has 0 bridgehead atoms. The molecule has 1 aromatic heterocycles. The van der Waals surface area contributed by atoms with Crippen molar-refractivity contribution in [2.75, 3.05) is 26.7 Å². The standard InChI is InChI=1S/C15H21N5O2/c1-4-16-9-10-17-15(21)14-11(2)20(19-18-14)12-5-7-13(22-3)8-6-12/h5-8,16H,4,9-10H2,1-3H3,(H,17,21). The number of ether oxygens (including phenoxy) is 1. The fourth-order valence-electron chi connectivity index (χ4n) is 2.03. The summed E-state index contributed by atoms with van der Waals surface area (Å²) in [5.74, 6) is 0.554. The van der Waals surface area contributed by atoms with Gasteiger partial charge < -0.3 is 15.4 Å². The number of likely N-dealkylation sites (N-methyl/N-ethyl adjacent to an activating group) is 1. The number of aromatic nitrogens is 3. The maximum atomic E-state index is 12.1. The minimum absolute atomic E-state index is 0.213. The highest BCUT2D eigenvalue weighted by Gasteiger charge is 2.16. The van der Waals surface area contributed by atoms with Crippen molar-refractivity contribution >= 4 is 5.91 Å². The molecule has 0 fully saturated rings. The Kier molecular flexibility index (Phi) is 5.48. The van der Waals surface area contributed by atoms with Gasteiger partial charge in [0.1, 0.15) is 5.75 Å². The molecular weight excluding hydrogens is 282 g/mol. The first-order valence-corrected chi connectivity index (χ1v) is 7.23. The van der Waals surface area contributed by atoms with Gasteiger partial charge in [-0.2, -0.15) is 0 Å². The van der Waals surface area contributed by atoms with E-state index in [1.807, 2.05) is 38.1 Å². The topological polar surface area (TPSA) is 81.1 Å². The molecule has 0 unspecified atom stereocenters. The molecule has 1 heterocycles. The van der Waals surface area contributed by atoms with Gasteiger partial charge in [-0.05, 0) is 37.7 Å². The van der Waals surface area contributed by atoms with Crippen LogP contribution in [-0.2, 0) is 0 Å². The van der Waals surface area contributed by atoms with Gasteiger partial charge in [0, 0.05) is 13.1 Å². The smallest absolute Gasteiger partial charge is 0.273 e. The van der Waals surface area contributed by atoms with E-state index in [1.165, 1.54) is 0 Å². The Morgan fingerprint density at radius 1 is 1.27 bits per heavy atom. The van der Waals surface area contributed by atoms with E-state index in [2.05, 4.69) is 20.9 Å². The van der Waals surface area contributed by atoms with Gasteiger partial charge in [-0.3, -0.25) is 4.79 Å². The van der Waals surface area contributed by atoms with Gasteiger partial charge in [-0.15, -0.1) is 5.10 Å². The predicted octanol–water partition coefficient (Wildman–Crippen LogP) is 0.924. The molecule has 0 aliphatic heterocycles. The first kappa shape index (κ1) is 16.0. The van der Waals surface area contributed by atoms with Gasteiger partial charge in [0.05, 0.1) is 18.5 Å². The molecule has 2 rings (SSSR count). The van der Waals surface area contributed by atoms with Crippen LogP contribution in [-0.4, -0.2) is 47.6 Å². The number of rotatable bonds is 7. The summed E-state index contributed by atoms with van der Waals surface area (Å²) in [6, 6.07) is 7.42. The van der Waals surface area contributed by atoms with E-state index in [-0.39, 0.29) is 5.91 Å². The van der Waals surface area contributed by atoms with E-state index in [0.29, 0.717) is 17.9 Å². The number of amides is 1. The van der Waals surface area contributed by atoms with Gasteiger partial charge in [0.15, 0.2) is 5.69 Å². The molecule has 0 aliphatic rings. The quantitative estimate of drug-likeness (QED) is 0.744. The molecule has 118 valence electrons. The molecular formula is C15H21N5O2. The van der Waals surface area contributed by atoms with Crippen LogP contribution in [0.5, 0.6) is 5.75 Å². The fraction of sp³-hybridized carbons (Fsp3) is 0.400. The number of benzene rings is 1. The molecule has 2 aromatic rings. The highest BCUT2D eigenvalue weighted by Crippen LogP contribution is 2.16. The Labute approximate surface area is 129 Å². The Bertz CT molecular complexity index is 621. The van der Waals surface area contributed by atoms with Gasteiger partial charge >= 0.3 is 0 Å². The zero-order valence-electron chi connectivity index (χ0n) is 13.1. The van der Waals surface area contributed by atoms with E-state index in [1.54, 1.807) is 11.8 Å². The lowest BCUT2D eigenvalue weighted by Gasteiger charge is -2.06. The van der Waals surface area contributed by atoms with E-state index < -0.39 is 0 Å². The van der Waals surface area contributed by atoms with Crippen molar-refractivity contribution in [3.63, 3.8) is 0 Å². The van der Waals surface area contributed by atoms with Crippen molar-refractivity contribution < 1.29 is 9.53 Å². The van der Waals surface area contributed by atoms with E-state index in [4.69, 9.17) is 4.74 Å². The number of hydrogen-bond acceptors (Lipinski definition) is 5. The van der Waals surface area contributed by atoms with Crippen molar-refractivity contribution in [2.45, 2.75) is 13.8 Å². The largest absolute Gasteiger partial charge is 0.497 e. The summed E-state index contributed by atoms with van der Waals surface area (Å²) < 4.78 is 6.77. The van der Waals surface area contributed by atoms with Crippen LogP contribution in [0.1, 0.15) is 23.1 Å². The molecule has 0 atom stereocenters. The molecule has 22 heavy (non-hydrogen) atoms. The second-order valence-corrected chi connectivity index (χ2v) is 4.74. The highest BCUT2D eigenvalue weighted by atomic mass is 16.5. The van der Waals surface area contributed by atoms with Crippen molar-refractivity contribution in [1.29, 1.82) is 0 Å². The second kappa shape index (κ2) is 7.56. The number of nitrogens with one attached hydrogen (secondary N) is 2. The zero-order valence-corrected chi connectivity index (χ0v) is 13.1. The van der Waals surface area contributed by atoms with E-state index >= 15 is 0 Å². The van der Waals surface area contributed by atoms with Gasteiger partial charge in [0.2, 0.25) is 0 Å². The lowest BCUT2D eigenvalue weighted by atomic mass is 10.2. The Morgan fingerprint density at radius 2 is 2.00 bits per heavy atom. The fourth-order valence-corrected chi connectivity index (χ4v) is 2.03. The molecule has 7 heteroatoms. The third-order valence-electron chi connectivity index (χ3n) is 3.26. The van der Waals surface area contributed by atoms with Crippen LogP contribution in [0.15, 0.2) is 24.3 Å². The normalized spacial score (nSPS) is 10.5. The Balaban J connectivity index is 2.09. The van der Waals surface area contributed by atoms with Crippen LogP contribution in [0, 0.1) is 6.92 Å². The number of hydrogen-bond donors (Lipinski definition) is 2. The van der Waals surface area contributed by atoms with E-state index in [0.717, 1.165) is 24.5 Å². The maximum Gasteiger partial charge on any atom is 0.273 e. The summed E-state index contributed by atoms with van der Waals surface area (Å²) in [6.45, 7) is 6.01. The third-order valence-corrected chi connectivity index (χ3v) is 3.26. The summed E-state index contributed by atoms with van der Waals surface area (Å²) in [7, 11) is 1.62. The van der Waals surface area contributed by atoms with Gasteiger partial charge in [-0.25, -0.2) is 4.68 Å². The van der Waals surface area contributed by atoms with Crippen molar-refractivity contribution in [2.24, 2.45) is 0 Å². The summed E-state index contributed by atoms with van der Waals surface area (Å²) >= 11 is 0. The molecule has 0 saturated heterocycles. The van der Waals surface area contributed by atoms with E-state index in [9.17, 15) is 4.79 Å². The third kappa shape index (κ3) is 3.62. The lowest BCUT2D eigenvalue weighted by Crippen LogP contribution is -2.32.